The zero-order valence-corrected chi connectivity index (χ0v) is 14.3. The second-order valence-electron chi connectivity index (χ2n) is 5.73. The predicted molar refractivity (Wildman–Crippen MR) is 88.7 cm³/mol. The minimum atomic E-state index is -1.25. The summed E-state index contributed by atoms with van der Waals surface area (Å²) in [6, 6.07) is 12.4. The van der Waals surface area contributed by atoms with E-state index >= 15 is 0 Å². The van der Waals surface area contributed by atoms with Crippen LogP contribution in [0, 0.1) is 11.0 Å². The van der Waals surface area contributed by atoms with Crippen LogP contribution >= 0.6 is 15.9 Å². The number of nitrogens with zero attached hydrogens (tertiary/aromatic N) is 2. The lowest BCUT2D eigenvalue weighted by Gasteiger charge is -2.29. The van der Waals surface area contributed by atoms with Gasteiger partial charge < -0.3 is 10.4 Å². The molecule has 1 aliphatic heterocycles. The summed E-state index contributed by atoms with van der Waals surface area (Å²) in [6.07, 6.45) is 0. The van der Waals surface area contributed by atoms with E-state index in [-0.39, 0.29) is 5.82 Å². The number of rotatable bonds is 2. The van der Waals surface area contributed by atoms with Gasteiger partial charge in [-0.3, -0.25) is 0 Å². The van der Waals surface area contributed by atoms with Crippen molar-refractivity contribution in [1.82, 2.24) is 5.06 Å². The topological polar surface area (TPSA) is 49.5 Å². The van der Waals surface area contributed by atoms with E-state index in [9.17, 15) is 14.8 Å². The smallest absolute Gasteiger partial charge is 0.274 e. The molecule has 0 saturated carbocycles. The Balaban J connectivity index is 2.14. The van der Waals surface area contributed by atoms with Gasteiger partial charge in [0.1, 0.15) is 11.9 Å². The first kappa shape index (κ1) is 16.1. The highest BCUT2D eigenvalue weighted by molar-refractivity contribution is 9.10. The maximum atomic E-state index is 13.1. The average molecular weight is 379 g/mol. The molecule has 1 heterocycles. The number of benzene rings is 2. The highest BCUT2D eigenvalue weighted by atomic mass is 79.9. The number of hydrogen-bond donors (Lipinski definition) is 1. The first-order valence-corrected chi connectivity index (χ1v) is 7.99. The largest absolute Gasteiger partial charge is 0.622 e. The van der Waals surface area contributed by atoms with Crippen molar-refractivity contribution in [2.75, 3.05) is 0 Å². The molecule has 2 aromatic rings. The fourth-order valence-electron chi connectivity index (χ4n) is 2.98. The maximum Gasteiger partial charge on any atom is 0.274 e. The molecule has 120 valence electrons. The Morgan fingerprint density at radius 1 is 1.17 bits per heavy atom. The molecule has 0 fully saturated rings. The Hall–Kier alpha value is -1.76. The molecule has 0 aliphatic carbocycles. The van der Waals surface area contributed by atoms with Crippen LogP contribution in [-0.4, -0.2) is 26.8 Å². The van der Waals surface area contributed by atoms with Crippen molar-refractivity contribution < 1.29 is 14.3 Å². The Morgan fingerprint density at radius 3 is 2.30 bits per heavy atom. The normalized spacial score (nSPS) is 25.2. The van der Waals surface area contributed by atoms with Crippen LogP contribution in [0.3, 0.4) is 0 Å². The summed E-state index contributed by atoms with van der Waals surface area (Å²) in [4.78, 5) is 0. The summed E-state index contributed by atoms with van der Waals surface area (Å²) in [7, 11) is 0. The molecule has 2 aromatic carbocycles. The summed E-state index contributed by atoms with van der Waals surface area (Å²) in [5, 5.41) is 24.6. The predicted octanol–water partition coefficient (Wildman–Crippen LogP) is 3.85. The van der Waals surface area contributed by atoms with Crippen molar-refractivity contribution in [2.24, 2.45) is 0 Å². The second kappa shape index (κ2) is 5.70. The Labute approximate surface area is 142 Å². The van der Waals surface area contributed by atoms with Gasteiger partial charge >= 0.3 is 0 Å². The zero-order valence-electron chi connectivity index (χ0n) is 12.7. The van der Waals surface area contributed by atoms with Gasteiger partial charge in [-0.15, -0.1) is 5.06 Å². The molecule has 2 unspecified atom stereocenters. The Kier molecular flexibility index (Phi) is 4.00. The Morgan fingerprint density at radius 2 is 1.74 bits per heavy atom. The molecular formula is C17H16BrFN2O2. The van der Waals surface area contributed by atoms with Crippen LogP contribution in [0.2, 0.25) is 0 Å². The number of halogens is 2. The van der Waals surface area contributed by atoms with E-state index in [1.807, 2.05) is 12.1 Å². The fourth-order valence-corrected chi connectivity index (χ4v) is 3.25. The highest BCUT2D eigenvalue weighted by Gasteiger charge is 2.54. The monoisotopic (exact) mass is 378 g/mol. The van der Waals surface area contributed by atoms with Crippen LogP contribution in [0.4, 0.5) is 4.39 Å². The third kappa shape index (κ3) is 2.47. The molecule has 1 aliphatic rings. The highest BCUT2D eigenvalue weighted by Crippen LogP contribution is 2.36. The fraction of sp³-hybridized carbons (Fsp3) is 0.235. The van der Waals surface area contributed by atoms with Crippen LogP contribution in [0.5, 0.6) is 0 Å². The van der Waals surface area contributed by atoms with Crippen molar-refractivity contribution in [2.45, 2.75) is 25.6 Å². The van der Waals surface area contributed by atoms with Crippen molar-refractivity contribution in [3.8, 4) is 0 Å². The van der Waals surface area contributed by atoms with Gasteiger partial charge in [0.15, 0.2) is 0 Å². The summed E-state index contributed by atoms with van der Waals surface area (Å²) < 4.78 is 14.8. The lowest BCUT2D eigenvalue weighted by Crippen LogP contribution is -2.45. The third-order valence-corrected chi connectivity index (χ3v) is 4.88. The standard InChI is InChI=1S/C17H16BrFN2O2/c1-11-16(12-3-9-15(19)10-4-12)21(23)17(2,20(11)22)13-5-7-14(18)8-6-13/h3-11,22H,1-2H3. The quantitative estimate of drug-likeness (QED) is 0.637. The van der Waals surface area contributed by atoms with Crippen LogP contribution < -0.4 is 0 Å². The molecule has 4 nitrogen and oxygen atoms in total. The molecule has 23 heavy (non-hydrogen) atoms. The zero-order chi connectivity index (χ0) is 16.8. The van der Waals surface area contributed by atoms with Gasteiger partial charge in [0.25, 0.3) is 5.66 Å². The van der Waals surface area contributed by atoms with E-state index in [1.165, 1.54) is 12.1 Å². The average Bonchev–Trinajstić information content (AvgIpc) is 2.71. The van der Waals surface area contributed by atoms with Crippen LogP contribution in [0.1, 0.15) is 25.0 Å². The van der Waals surface area contributed by atoms with Gasteiger partial charge in [0.05, 0.1) is 0 Å². The van der Waals surface area contributed by atoms with E-state index < -0.39 is 11.7 Å². The van der Waals surface area contributed by atoms with Crippen LogP contribution in [0.15, 0.2) is 53.0 Å². The second-order valence-corrected chi connectivity index (χ2v) is 6.65. The van der Waals surface area contributed by atoms with Gasteiger partial charge in [-0.1, -0.05) is 15.9 Å². The molecule has 2 atom stereocenters. The molecule has 0 bridgehead atoms. The van der Waals surface area contributed by atoms with Crippen LogP contribution in [0.25, 0.3) is 0 Å². The van der Waals surface area contributed by atoms with E-state index in [4.69, 9.17) is 0 Å². The Bertz CT molecular complexity index is 761. The molecule has 1 N–H and O–H groups in total. The molecule has 0 spiro atoms. The summed E-state index contributed by atoms with van der Waals surface area (Å²) in [5.41, 5.74) is 0.415. The lowest BCUT2D eigenvalue weighted by molar-refractivity contribution is -0.595. The van der Waals surface area contributed by atoms with E-state index in [1.54, 1.807) is 38.1 Å². The molecular weight excluding hydrogens is 363 g/mol. The minimum absolute atomic E-state index is 0.367. The van der Waals surface area contributed by atoms with Crippen molar-refractivity contribution >= 4 is 21.6 Å². The molecule has 6 heteroatoms. The van der Waals surface area contributed by atoms with Crippen molar-refractivity contribution in [1.29, 1.82) is 0 Å². The molecule has 0 radical (unpaired) electrons. The first-order chi connectivity index (χ1) is 10.9. The summed E-state index contributed by atoms with van der Waals surface area (Å²) in [6.45, 7) is 3.41. The number of hydroxylamine groups is 3. The van der Waals surface area contributed by atoms with Gasteiger partial charge in [0, 0.05) is 22.5 Å². The minimum Gasteiger partial charge on any atom is -0.622 e. The van der Waals surface area contributed by atoms with Gasteiger partial charge in [-0.25, -0.2) is 4.39 Å². The van der Waals surface area contributed by atoms with Crippen molar-refractivity contribution in [3.05, 3.63) is 75.2 Å². The SMILES string of the molecule is CC1C(c2ccc(F)cc2)=[N+]([O-])C(C)(c2ccc(Br)cc2)N1O. The summed E-state index contributed by atoms with van der Waals surface area (Å²) in [5.74, 6) is -0.367. The van der Waals surface area contributed by atoms with E-state index in [2.05, 4.69) is 15.9 Å². The van der Waals surface area contributed by atoms with Gasteiger partial charge in [-0.2, -0.15) is 4.74 Å². The maximum absolute atomic E-state index is 13.1. The summed E-state index contributed by atoms with van der Waals surface area (Å²) >= 11 is 3.36. The van der Waals surface area contributed by atoms with E-state index in [0.29, 0.717) is 16.8 Å². The molecule has 0 saturated heterocycles. The lowest BCUT2D eigenvalue weighted by atomic mass is 10.0. The molecule has 3 rings (SSSR count). The molecule has 0 aromatic heterocycles. The number of hydrogen-bond acceptors (Lipinski definition) is 3. The van der Waals surface area contributed by atoms with Crippen LogP contribution in [-0.2, 0) is 5.66 Å². The van der Waals surface area contributed by atoms with Crippen molar-refractivity contribution in [3.63, 3.8) is 0 Å². The third-order valence-electron chi connectivity index (χ3n) is 4.35. The van der Waals surface area contributed by atoms with E-state index in [0.717, 1.165) is 14.3 Å². The first-order valence-electron chi connectivity index (χ1n) is 7.20. The van der Waals surface area contributed by atoms with Gasteiger partial charge in [-0.05, 0) is 55.5 Å². The molecule has 0 amide bonds. The van der Waals surface area contributed by atoms with Gasteiger partial charge in [0.2, 0.25) is 5.71 Å².